The van der Waals surface area contributed by atoms with Gasteiger partial charge in [-0.05, 0) is 130 Å². The molecule has 3 saturated heterocycles. The van der Waals surface area contributed by atoms with Gasteiger partial charge in [0.2, 0.25) is 0 Å². The molecule has 1 spiro atoms. The van der Waals surface area contributed by atoms with Gasteiger partial charge in [-0.2, -0.15) is 5.26 Å². The van der Waals surface area contributed by atoms with Gasteiger partial charge in [-0.1, -0.05) is 52.7 Å². The molecule has 3 aliphatic carbocycles. The van der Waals surface area contributed by atoms with E-state index in [1.807, 2.05) is 44.2 Å². The third kappa shape index (κ3) is 10.9. The number of aromatic nitrogens is 2. The number of thioether (sulfide) groups is 1. The number of carbonyl (C=O) groups is 1. The van der Waals surface area contributed by atoms with Crippen LogP contribution in [0, 0.1) is 40.6 Å². The number of nitrogens with one attached hydrogen (secondary N) is 3. The maximum Gasteiger partial charge on any atom is 0.272 e. The van der Waals surface area contributed by atoms with Gasteiger partial charge in [0.1, 0.15) is 11.9 Å². The average Bonchev–Trinajstić information content (AvgIpc) is 3.75. The number of anilines is 1. The Morgan fingerprint density at radius 3 is 2.45 bits per heavy atom. The fourth-order valence-corrected chi connectivity index (χ4v) is 12.6. The second-order valence-electron chi connectivity index (χ2n) is 18.6. The summed E-state index contributed by atoms with van der Waals surface area (Å²) in [5.74, 6) is 2.36. The number of hydrogen-bond donors (Lipinski definition) is 3. The Labute approximate surface area is 388 Å². The van der Waals surface area contributed by atoms with Crippen LogP contribution in [0.5, 0.6) is 5.75 Å². The molecule has 1 radical (unpaired) electrons. The van der Waals surface area contributed by atoms with E-state index in [0.717, 1.165) is 101 Å². The summed E-state index contributed by atoms with van der Waals surface area (Å²) in [5, 5.41) is 22.6. The highest BCUT2D eigenvalue weighted by Gasteiger charge is 2.51. The lowest BCUT2D eigenvalue weighted by Gasteiger charge is -2.52. The van der Waals surface area contributed by atoms with Crippen molar-refractivity contribution in [2.45, 2.75) is 147 Å². The number of piperidine rings is 1. The summed E-state index contributed by atoms with van der Waals surface area (Å²) in [4.78, 5) is 23.4. The molecular formula is C50H74N9O4S. The second kappa shape index (κ2) is 22.1. The number of rotatable bonds is 10. The maximum atomic E-state index is 13.2. The zero-order valence-electron chi connectivity index (χ0n) is 39.4. The lowest BCUT2D eigenvalue weighted by molar-refractivity contribution is -0.0239. The Hall–Kier alpha value is -3.84. The Bertz CT molecular complexity index is 1980. The third-order valence-electron chi connectivity index (χ3n) is 14.1. The highest BCUT2D eigenvalue weighted by Crippen LogP contribution is 2.50. The molecule has 0 bridgehead atoms. The quantitative estimate of drug-likeness (QED) is 0.210. The zero-order valence-corrected chi connectivity index (χ0v) is 40.2. The summed E-state index contributed by atoms with van der Waals surface area (Å²) in [5.41, 5.74) is 11.0. The third-order valence-corrected chi connectivity index (χ3v) is 15.8. The van der Waals surface area contributed by atoms with Crippen LogP contribution in [0.2, 0.25) is 0 Å². The molecule has 4 aliphatic heterocycles. The summed E-state index contributed by atoms with van der Waals surface area (Å²) in [6.07, 6.45) is 17.2. The number of amides is 1. The molecule has 7 aliphatic rings. The number of allylic oxidation sites excluding steroid dienone is 2. The van der Waals surface area contributed by atoms with Crippen LogP contribution < -0.4 is 25.8 Å². The van der Waals surface area contributed by atoms with E-state index in [4.69, 9.17) is 14.5 Å². The van der Waals surface area contributed by atoms with Crippen molar-refractivity contribution in [1.29, 1.82) is 5.26 Å². The molecule has 5 heterocycles. The second-order valence-corrected chi connectivity index (χ2v) is 20.1. The number of nitrogens with zero attached hydrogens (tertiary/aromatic N) is 6. The van der Waals surface area contributed by atoms with E-state index in [1.165, 1.54) is 17.7 Å². The van der Waals surface area contributed by atoms with Crippen molar-refractivity contribution in [3.63, 3.8) is 0 Å². The van der Waals surface area contributed by atoms with Crippen molar-refractivity contribution in [1.82, 2.24) is 31.3 Å². The number of nitriles is 1. The first kappa shape index (κ1) is 48.1. The van der Waals surface area contributed by atoms with Crippen LogP contribution in [0.4, 0.5) is 5.82 Å². The van der Waals surface area contributed by atoms with Crippen molar-refractivity contribution in [3.05, 3.63) is 77.6 Å². The lowest BCUT2D eigenvalue weighted by atomic mass is 9.62. The SMILES string of the molecule is CC.CCCC1=C[C](OC2CCC(NC(=O)c3ccc(N4CCCC5(CC(Oc6ccc(C7=NCC8NNC(C)N8C8SC(C)C(C)C78)cc6)C5)C4)nn3)CC2)C=CC1C#N.COC.[HH]. The molecule has 1 aromatic carbocycles. The first-order valence-corrected chi connectivity index (χ1v) is 24.9. The number of methoxy groups -OCH3 is 1. The Kier molecular flexibility index (Phi) is 16.6. The van der Waals surface area contributed by atoms with E-state index in [0.29, 0.717) is 28.2 Å². The molecule has 14 heteroatoms. The van der Waals surface area contributed by atoms with E-state index in [2.05, 4.69) is 111 Å². The molecule has 3 N–H and O–H groups in total. The lowest BCUT2D eigenvalue weighted by Crippen LogP contribution is -2.54. The van der Waals surface area contributed by atoms with Crippen LogP contribution in [-0.4, -0.2) is 102 Å². The Morgan fingerprint density at radius 2 is 1.77 bits per heavy atom. The van der Waals surface area contributed by atoms with Gasteiger partial charge in [0.25, 0.3) is 5.91 Å². The minimum absolute atomic E-state index is 0. The molecule has 7 atom stereocenters. The molecule has 5 fully saturated rings. The number of fused-ring (bicyclic) bond motifs is 3. The smallest absolute Gasteiger partial charge is 0.272 e. The molecule has 2 aromatic rings. The van der Waals surface area contributed by atoms with Gasteiger partial charge in [-0.15, -0.1) is 22.0 Å². The fourth-order valence-electron chi connectivity index (χ4n) is 10.7. The summed E-state index contributed by atoms with van der Waals surface area (Å²) < 4.78 is 17.1. The van der Waals surface area contributed by atoms with E-state index in [9.17, 15) is 10.1 Å². The van der Waals surface area contributed by atoms with E-state index >= 15 is 0 Å². The molecule has 7 unspecified atom stereocenters. The fraction of sp³-hybridized carbons (Fsp3) is 0.640. The Balaban J connectivity index is 0.00000112. The molecule has 349 valence electrons. The van der Waals surface area contributed by atoms with Gasteiger partial charge in [-0.3, -0.25) is 14.7 Å². The molecule has 13 nitrogen and oxygen atoms in total. The standard InChI is InChI=1S/C46H60N9O3S.C2H6O.C2H6.H2/c1-5-7-32-22-37(15-10-33(32)25-47)57-36-16-11-34(12-17-36)49-44(56)39-18-19-40(52-51-39)54-21-6-20-46(27-54)23-38(24-46)58-35-13-8-31(9-14-35)43-42-28(2)29(3)59-45(42)55-30(4)50-53-41(55)26-48-43;1-3-2;1-2;/h8-10,13-15,18-19,22,28-30,33-34,36,38,41-42,45,50,53H,5-7,11-12,16-17,20-21,23-24,26-27H2,1-4H3,(H,49,56);1-2H3;1-2H3;1H. The summed E-state index contributed by atoms with van der Waals surface area (Å²) >= 11 is 2.10. The van der Waals surface area contributed by atoms with Crippen molar-refractivity contribution < 1.29 is 20.4 Å². The predicted molar refractivity (Wildman–Crippen MR) is 258 cm³/mol. The highest BCUT2D eigenvalue weighted by atomic mass is 32.2. The normalized spacial score (nSPS) is 33.4. The van der Waals surface area contributed by atoms with Crippen LogP contribution in [-0.2, 0) is 9.47 Å². The highest BCUT2D eigenvalue weighted by molar-refractivity contribution is 8.00. The molecule has 9 rings (SSSR count). The van der Waals surface area contributed by atoms with Crippen LogP contribution >= 0.6 is 11.8 Å². The Morgan fingerprint density at radius 1 is 1.02 bits per heavy atom. The van der Waals surface area contributed by atoms with E-state index < -0.39 is 0 Å². The van der Waals surface area contributed by atoms with Crippen molar-refractivity contribution in [2.75, 3.05) is 38.8 Å². The number of aliphatic imine (C=N–C) groups is 1. The molecule has 1 aromatic heterocycles. The minimum Gasteiger partial charge on any atom is -0.490 e. The molecule has 2 saturated carbocycles. The van der Waals surface area contributed by atoms with Gasteiger partial charge in [0, 0.05) is 51.7 Å². The largest absolute Gasteiger partial charge is 0.490 e. The van der Waals surface area contributed by atoms with Gasteiger partial charge < -0.3 is 24.4 Å². The molecular weight excluding hydrogens is 823 g/mol. The summed E-state index contributed by atoms with van der Waals surface area (Å²) in [7, 11) is 3.25. The van der Waals surface area contributed by atoms with Crippen LogP contribution in [0.3, 0.4) is 0 Å². The van der Waals surface area contributed by atoms with Crippen molar-refractivity contribution in [3.8, 4) is 11.8 Å². The minimum atomic E-state index is -0.173. The van der Waals surface area contributed by atoms with Gasteiger partial charge in [0.15, 0.2) is 11.5 Å². The molecule has 1 amide bonds. The average molecular weight is 897 g/mol. The topological polar surface area (TPSA) is 149 Å². The number of ether oxygens (including phenoxy) is 3. The monoisotopic (exact) mass is 897 g/mol. The van der Waals surface area contributed by atoms with Gasteiger partial charge in [-0.25, -0.2) is 10.9 Å². The van der Waals surface area contributed by atoms with Gasteiger partial charge >= 0.3 is 0 Å². The summed E-state index contributed by atoms with van der Waals surface area (Å²) in [6.45, 7) is 15.7. The first-order chi connectivity index (χ1) is 31.1. The number of carbonyl (C=O) groups excluding carboxylic acids is 1. The van der Waals surface area contributed by atoms with E-state index in [1.54, 1.807) is 14.2 Å². The maximum absolute atomic E-state index is 13.2. The number of hydrazine groups is 1. The zero-order chi connectivity index (χ0) is 45.4. The van der Waals surface area contributed by atoms with Crippen LogP contribution in [0.15, 0.2) is 65.2 Å². The number of benzene rings is 1. The van der Waals surface area contributed by atoms with Crippen molar-refractivity contribution >= 4 is 29.2 Å². The predicted octanol–water partition coefficient (Wildman–Crippen LogP) is 8.46. The summed E-state index contributed by atoms with van der Waals surface area (Å²) in [6, 6.07) is 15.0. The molecule has 64 heavy (non-hydrogen) atoms. The van der Waals surface area contributed by atoms with Gasteiger partial charge in [0.05, 0.1) is 48.4 Å². The van der Waals surface area contributed by atoms with Crippen LogP contribution in [0.1, 0.15) is 123 Å². The van der Waals surface area contributed by atoms with Crippen LogP contribution in [0.25, 0.3) is 0 Å². The van der Waals surface area contributed by atoms with E-state index in [-0.39, 0.29) is 49.2 Å². The first-order valence-electron chi connectivity index (χ1n) is 24.0. The number of hydrogen-bond acceptors (Lipinski definition) is 13. The van der Waals surface area contributed by atoms with Crippen molar-refractivity contribution in [2.24, 2.45) is 28.2 Å².